The van der Waals surface area contributed by atoms with Gasteiger partial charge >= 0.3 is 5.97 Å². The molecule has 0 saturated carbocycles. The van der Waals surface area contributed by atoms with Crippen LogP contribution in [0.4, 0.5) is 0 Å². The number of carbonyl (C=O) groups is 2. The third kappa shape index (κ3) is 3.91. The van der Waals surface area contributed by atoms with Gasteiger partial charge in [-0.25, -0.2) is 4.79 Å². The van der Waals surface area contributed by atoms with Crippen LogP contribution in [0.25, 0.3) is 0 Å². The Kier molecular flexibility index (Phi) is 5.50. The summed E-state index contributed by atoms with van der Waals surface area (Å²) in [5.41, 5.74) is 0.474. The zero-order valence-corrected chi connectivity index (χ0v) is 12.8. The summed E-state index contributed by atoms with van der Waals surface area (Å²) in [6.45, 7) is 3.06. The highest BCUT2D eigenvalue weighted by molar-refractivity contribution is 7.99. The van der Waals surface area contributed by atoms with Crippen LogP contribution in [-0.4, -0.2) is 52.6 Å². The van der Waals surface area contributed by atoms with Gasteiger partial charge in [-0.05, 0) is 24.6 Å². The van der Waals surface area contributed by atoms with E-state index < -0.39 is 12.0 Å². The van der Waals surface area contributed by atoms with Crippen molar-refractivity contribution in [2.75, 3.05) is 24.7 Å². The molecule has 1 aliphatic heterocycles. The molecule has 5 nitrogen and oxygen atoms in total. The van der Waals surface area contributed by atoms with E-state index in [1.165, 1.54) is 4.90 Å². The van der Waals surface area contributed by atoms with Crippen LogP contribution in [0.3, 0.4) is 0 Å². The van der Waals surface area contributed by atoms with Crippen LogP contribution in [0.5, 0.6) is 5.75 Å². The molecule has 1 aromatic rings. The number of carbonyl (C=O) groups excluding carboxylic acids is 1. The zero-order valence-electron chi connectivity index (χ0n) is 11.9. The molecule has 0 aliphatic carbocycles. The van der Waals surface area contributed by atoms with Gasteiger partial charge in [-0.15, -0.1) is 0 Å². The topological polar surface area (TPSA) is 66.8 Å². The summed E-state index contributed by atoms with van der Waals surface area (Å²) in [5, 5.41) is 9.24. The van der Waals surface area contributed by atoms with E-state index in [-0.39, 0.29) is 5.91 Å². The first-order valence-corrected chi connectivity index (χ1v) is 8.13. The van der Waals surface area contributed by atoms with Crippen LogP contribution in [0.1, 0.15) is 23.7 Å². The molecule has 114 valence electrons. The van der Waals surface area contributed by atoms with E-state index in [2.05, 4.69) is 0 Å². The summed E-state index contributed by atoms with van der Waals surface area (Å²) in [4.78, 5) is 25.3. The summed E-state index contributed by atoms with van der Waals surface area (Å²) in [7, 11) is 0. The third-order valence-corrected chi connectivity index (χ3v) is 4.25. The van der Waals surface area contributed by atoms with Crippen molar-refractivity contribution in [1.82, 2.24) is 4.90 Å². The molecule has 0 bridgehead atoms. The maximum Gasteiger partial charge on any atom is 0.327 e. The fraction of sp³-hybridized carbons (Fsp3) is 0.467. The van der Waals surface area contributed by atoms with Gasteiger partial charge < -0.3 is 14.7 Å². The summed E-state index contributed by atoms with van der Waals surface area (Å²) in [6.07, 6.45) is 0.891. The maximum atomic E-state index is 12.5. The first-order chi connectivity index (χ1) is 10.1. The predicted octanol–water partition coefficient (Wildman–Crippen LogP) is 2.12. The molecule has 1 fully saturated rings. The van der Waals surface area contributed by atoms with Crippen molar-refractivity contribution in [2.24, 2.45) is 0 Å². The van der Waals surface area contributed by atoms with Gasteiger partial charge in [0, 0.05) is 23.6 Å². The van der Waals surface area contributed by atoms with Crippen LogP contribution in [0.2, 0.25) is 0 Å². The van der Waals surface area contributed by atoms with Crippen LogP contribution in [0.15, 0.2) is 24.3 Å². The average molecular weight is 309 g/mol. The van der Waals surface area contributed by atoms with Crippen molar-refractivity contribution < 1.29 is 19.4 Å². The number of rotatable bonds is 5. The number of thioether (sulfide) groups is 1. The lowest BCUT2D eigenvalue weighted by atomic mass is 10.1. The summed E-state index contributed by atoms with van der Waals surface area (Å²) >= 11 is 1.56. The summed E-state index contributed by atoms with van der Waals surface area (Å²) in [6, 6.07) is 6.18. The molecule has 21 heavy (non-hydrogen) atoms. The Morgan fingerprint density at radius 2 is 2.29 bits per heavy atom. The smallest absolute Gasteiger partial charge is 0.327 e. The minimum absolute atomic E-state index is 0.246. The maximum absolute atomic E-state index is 12.5. The largest absolute Gasteiger partial charge is 0.494 e. The Balaban J connectivity index is 2.16. The lowest BCUT2D eigenvalue weighted by Gasteiger charge is -2.32. The standard InChI is InChI=1S/C15H19NO4S/c1-2-7-20-12-5-3-4-11(9-12)14(17)16-6-8-21-10-13(16)15(18)19/h3-5,9,13H,2,6-8,10H2,1H3,(H,18,19). The van der Waals surface area contributed by atoms with Crippen molar-refractivity contribution in [1.29, 1.82) is 0 Å². The molecule has 6 heteroatoms. The van der Waals surface area contributed by atoms with Gasteiger partial charge in [0.15, 0.2) is 0 Å². The van der Waals surface area contributed by atoms with Gasteiger partial charge in [-0.3, -0.25) is 4.79 Å². The zero-order chi connectivity index (χ0) is 15.2. The fourth-order valence-corrected chi connectivity index (χ4v) is 3.19. The monoisotopic (exact) mass is 309 g/mol. The molecular formula is C15H19NO4S. The minimum Gasteiger partial charge on any atom is -0.494 e. The molecule has 1 N–H and O–H groups in total. The molecule has 1 saturated heterocycles. The van der Waals surface area contributed by atoms with Crippen molar-refractivity contribution in [3.05, 3.63) is 29.8 Å². The highest BCUT2D eigenvalue weighted by atomic mass is 32.2. The number of carboxylic acids is 1. The van der Waals surface area contributed by atoms with E-state index in [0.29, 0.717) is 30.2 Å². The molecule has 1 atom stereocenters. The predicted molar refractivity (Wildman–Crippen MR) is 82.0 cm³/mol. The highest BCUT2D eigenvalue weighted by Gasteiger charge is 2.32. The lowest BCUT2D eigenvalue weighted by Crippen LogP contribution is -2.50. The van der Waals surface area contributed by atoms with E-state index in [0.717, 1.165) is 12.2 Å². The molecular weight excluding hydrogens is 290 g/mol. The number of aliphatic carboxylic acids is 1. The molecule has 1 aliphatic rings. The second-order valence-corrected chi connectivity index (χ2v) is 5.95. The van der Waals surface area contributed by atoms with E-state index in [1.807, 2.05) is 6.92 Å². The first-order valence-electron chi connectivity index (χ1n) is 6.98. The van der Waals surface area contributed by atoms with Crippen LogP contribution >= 0.6 is 11.8 Å². The minimum atomic E-state index is -0.950. The Bertz CT molecular complexity index is 520. The van der Waals surface area contributed by atoms with Gasteiger partial charge in [0.2, 0.25) is 0 Å². The lowest BCUT2D eigenvalue weighted by molar-refractivity contribution is -0.141. The Labute approximate surface area is 128 Å². The van der Waals surface area contributed by atoms with Gasteiger partial charge in [-0.2, -0.15) is 11.8 Å². The Hall–Kier alpha value is -1.69. The molecule has 1 aromatic carbocycles. The molecule has 1 amide bonds. The van der Waals surface area contributed by atoms with Crippen molar-refractivity contribution in [3.8, 4) is 5.75 Å². The second kappa shape index (κ2) is 7.36. The van der Waals surface area contributed by atoms with E-state index in [9.17, 15) is 14.7 Å². The number of carboxylic acid groups (broad SMARTS) is 1. The first kappa shape index (κ1) is 15.7. The van der Waals surface area contributed by atoms with Gasteiger partial charge in [0.25, 0.3) is 5.91 Å². The molecule has 2 rings (SSSR count). The number of benzene rings is 1. The molecule has 1 unspecified atom stereocenters. The SMILES string of the molecule is CCCOc1cccc(C(=O)N2CCSCC2C(=O)O)c1. The van der Waals surface area contributed by atoms with Crippen LogP contribution in [0, 0.1) is 0 Å². The van der Waals surface area contributed by atoms with E-state index in [4.69, 9.17) is 4.74 Å². The highest BCUT2D eigenvalue weighted by Crippen LogP contribution is 2.21. The Morgan fingerprint density at radius 3 is 3.00 bits per heavy atom. The number of ether oxygens (including phenoxy) is 1. The summed E-state index contributed by atoms with van der Waals surface area (Å²) in [5.74, 6) is 0.647. The van der Waals surface area contributed by atoms with Gasteiger partial charge in [0.05, 0.1) is 6.61 Å². The number of hydrogen-bond acceptors (Lipinski definition) is 4. The third-order valence-electron chi connectivity index (χ3n) is 3.23. The van der Waals surface area contributed by atoms with Crippen molar-refractivity contribution in [2.45, 2.75) is 19.4 Å². The van der Waals surface area contributed by atoms with Crippen LogP contribution in [-0.2, 0) is 4.79 Å². The van der Waals surface area contributed by atoms with Crippen molar-refractivity contribution >= 4 is 23.6 Å². The summed E-state index contributed by atoms with van der Waals surface area (Å²) < 4.78 is 5.52. The van der Waals surface area contributed by atoms with E-state index in [1.54, 1.807) is 36.0 Å². The average Bonchev–Trinajstić information content (AvgIpc) is 2.52. The number of hydrogen-bond donors (Lipinski definition) is 1. The molecule has 0 aromatic heterocycles. The Morgan fingerprint density at radius 1 is 1.48 bits per heavy atom. The van der Waals surface area contributed by atoms with Gasteiger partial charge in [0.1, 0.15) is 11.8 Å². The normalized spacial score (nSPS) is 18.3. The molecule has 1 heterocycles. The van der Waals surface area contributed by atoms with Crippen molar-refractivity contribution in [3.63, 3.8) is 0 Å². The van der Waals surface area contributed by atoms with Gasteiger partial charge in [-0.1, -0.05) is 13.0 Å². The number of amides is 1. The fourth-order valence-electron chi connectivity index (χ4n) is 2.16. The van der Waals surface area contributed by atoms with Crippen LogP contribution < -0.4 is 4.74 Å². The number of nitrogens with zero attached hydrogens (tertiary/aromatic N) is 1. The molecule has 0 spiro atoms. The second-order valence-electron chi connectivity index (χ2n) is 4.80. The quantitative estimate of drug-likeness (QED) is 0.902. The molecule has 0 radical (unpaired) electrons. The van der Waals surface area contributed by atoms with E-state index >= 15 is 0 Å².